The molecule has 0 aliphatic rings. The quantitative estimate of drug-likeness (QED) is 0.204. The summed E-state index contributed by atoms with van der Waals surface area (Å²) in [6, 6.07) is 38.2. The lowest BCUT2D eigenvalue weighted by molar-refractivity contribution is 1.51. The molecule has 9 aromatic rings. The van der Waals surface area contributed by atoms with Crippen molar-refractivity contribution in [3.8, 4) is 6.07 Å². The zero-order chi connectivity index (χ0) is 24.4. The molecule has 1 heteroatoms. The number of rotatable bonds is 0. The van der Waals surface area contributed by atoms with Crippen LogP contribution in [0.4, 0.5) is 0 Å². The van der Waals surface area contributed by atoms with Gasteiger partial charge in [0.2, 0.25) is 0 Å². The van der Waals surface area contributed by atoms with Crippen LogP contribution in [-0.4, -0.2) is 0 Å². The molecule has 0 aliphatic carbocycles. The Hall–Kier alpha value is -4.93. The molecule has 0 aliphatic heterocycles. The first-order valence-corrected chi connectivity index (χ1v) is 12.8. The summed E-state index contributed by atoms with van der Waals surface area (Å²) < 4.78 is 0. The van der Waals surface area contributed by atoms with E-state index < -0.39 is 0 Å². The highest BCUT2D eigenvalue weighted by atomic mass is 14.3. The predicted octanol–water partition coefficient (Wildman–Crippen LogP) is 9.97. The summed E-state index contributed by atoms with van der Waals surface area (Å²) in [7, 11) is 0. The lowest BCUT2D eigenvalue weighted by Crippen LogP contribution is -1.83. The van der Waals surface area contributed by atoms with Crippen LogP contribution in [0.5, 0.6) is 0 Å². The fourth-order valence-corrected chi connectivity index (χ4v) is 7.06. The molecule has 0 radical (unpaired) electrons. The SMILES string of the molecule is Cc1ccc2c(c1)cc1c3cc4cc5c(cc4c(C#N)c3c3cccc2c13)c1cccc2cccc5c21. The standard InChI is InChI=1S/C36H19N/c1-19-11-12-23-21(13-19)15-31-32-16-22-14-29-25-7-2-5-20-6-3-8-26(34(20)25)30(29)17-28(22)33(18-37)36(32)27-10-4-9-24(23)35(27)31/h2-17H,1H3. The number of benzene rings is 7. The summed E-state index contributed by atoms with van der Waals surface area (Å²) in [6.07, 6.45) is 0. The van der Waals surface area contributed by atoms with E-state index in [9.17, 15) is 5.26 Å². The Kier molecular flexibility index (Phi) is 3.35. The van der Waals surface area contributed by atoms with Gasteiger partial charge < -0.3 is 0 Å². The first kappa shape index (κ1) is 19.3. The van der Waals surface area contributed by atoms with Gasteiger partial charge in [-0.25, -0.2) is 0 Å². The zero-order valence-corrected chi connectivity index (χ0v) is 20.2. The fourth-order valence-electron chi connectivity index (χ4n) is 7.06. The van der Waals surface area contributed by atoms with E-state index in [1.165, 1.54) is 75.6 Å². The van der Waals surface area contributed by atoms with Gasteiger partial charge in [0.25, 0.3) is 0 Å². The van der Waals surface area contributed by atoms with Crippen LogP contribution in [0.3, 0.4) is 0 Å². The first-order valence-electron chi connectivity index (χ1n) is 12.8. The van der Waals surface area contributed by atoms with Gasteiger partial charge >= 0.3 is 0 Å². The third-order valence-electron chi connectivity index (χ3n) is 8.57. The van der Waals surface area contributed by atoms with E-state index in [0.29, 0.717) is 0 Å². The first-order chi connectivity index (χ1) is 18.2. The second-order valence-corrected chi connectivity index (χ2v) is 10.5. The van der Waals surface area contributed by atoms with Gasteiger partial charge in [-0.1, -0.05) is 78.4 Å². The number of hydrogen-bond donors (Lipinski definition) is 0. The molecule has 0 bridgehead atoms. The third-order valence-corrected chi connectivity index (χ3v) is 8.57. The van der Waals surface area contributed by atoms with Crippen LogP contribution in [-0.2, 0) is 0 Å². The summed E-state index contributed by atoms with van der Waals surface area (Å²) in [5.74, 6) is 0. The molecule has 0 heterocycles. The van der Waals surface area contributed by atoms with E-state index in [2.05, 4.69) is 110 Å². The molecule has 0 atom stereocenters. The van der Waals surface area contributed by atoms with Crippen LogP contribution in [0.2, 0.25) is 0 Å². The monoisotopic (exact) mass is 465 g/mol. The molecular weight excluding hydrogens is 446 g/mol. The van der Waals surface area contributed by atoms with Crippen LogP contribution in [0.1, 0.15) is 11.1 Å². The summed E-state index contributed by atoms with van der Waals surface area (Å²) in [5, 5.41) is 30.1. The maximum Gasteiger partial charge on any atom is 0.100 e. The van der Waals surface area contributed by atoms with Gasteiger partial charge in [-0.2, -0.15) is 5.26 Å². The molecule has 0 unspecified atom stereocenters. The van der Waals surface area contributed by atoms with Crippen molar-refractivity contribution in [1.29, 1.82) is 5.26 Å². The minimum atomic E-state index is 0.780. The molecule has 37 heavy (non-hydrogen) atoms. The highest BCUT2D eigenvalue weighted by molar-refractivity contribution is 6.38. The molecule has 0 N–H and O–H groups in total. The molecule has 9 aromatic carbocycles. The molecule has 9 rings (SSSR count). The van der Waals surface area contributed by atoms with Crippen molar-refractivity contribution in [3.63, 3.8) is 0 Å². The van der Waals surface area contributed by atoms with E-state index >= 15 is 0 Å². The van der Waals surface area contributed by atoms with Gasteiger partial charge in [-0.15, -0.1) is 0 Å². The highest BCUT2D eigenvalue weighted by Gasteiger charge is 2.20. The largest absolute Gasteiger partial charge is 0.192 e. The van der Waals surface area contributed by atoms with Crippen molar-refractivity contribution < 1.29 is 0 Å². The molecule has 0 fully saturated rings. The van der Waals surface area contributed by atoms with Crippen molar-refractivity contribution in [2.45, 2.75) is 6.92 Å². The number of nitriles is 1. The predicted molar refractivity (Wildman–Crippen MR) is 158 cm³/mol. The molecule has 0 saturated heterocycles. The summed E-state index contributed by atoms with van der Waals surface area (Å²) in [6.45, 7) is 2.15. The summed E-state index contributed by atoms with van der Waals surface area (Å²) in [5.41, 5.74) is 2.04. The Balaban J connectivity index is 1.55. The minimum Gasteiger partial charge on any atom is -0.192 e. The van der Waals surface area contributed by atoms with Gasteiger partial charge in [0.05, 0.1) is 5.56 Å². The van der Waals surface area contributed by atoms with Crippen LogP contribution >= 0.6 is 0 Å². The van der Waals surface area contributed by atoms with E-state index in [0.717, 1.165) is 21.7 Å². The second-order valence-electron chi connectivity index (χ2n) is 10.5. The van der Waals surface area contributed by atoms with E-state index in [1.807, 2.05) is 0 Å². The van der Waals surface area contributed by atoms with Crippen molar-refractivity contribution in [2.75, 3.05) is 0 Å². The molecule has 0 aromatic heterocycles. The van der Waals surface area contributed by atoms with Crippen LogP contribution in [0, 0.1) is 18.3 Å². The smallest absolute Gasteiger partial charge is 0.100 e. The second kappa shape index (κ2) is 6.44. The maximum atomic E-state index is 10.6. The van der Waals surface area contributed by atoms with E-state index in [1.54, 1.807) is 0 Å². The third kappa shape index (κ3) is 2.25. The van der Waals surface area contributed by atoms with Crippen LogP contribution in [0.15, 0.2) is 97.1 Å². The topological polar surface area (TPSA) is 23.8 Å². The van der Waals surface area contributed by atoms with Crippen molar-refractivity contribution in [2.24, 2.45) is 0 Å². The van der Waals surface area contributed by atoms with E-state index in [-0.39, 0.29) is 0 Å². The average molecular weight is 466 g/mol. The van der Waals surface area contributed by atoms with Gasteiger partial charge in [-0.3, -0.25) is 0 Å². The normalized spacial score (nSPS) is 12.4. The van der Waals surface area contributed by atoms with Gasteiger partial charge in [-0.05, 0) is 107 Å². The average Bonchev–Trinajstić information content (AvgIpc) is 3.41. The molecule has 0 spiro atoms. The highest BCUT2D eigenvalue weighted by Crippen LogP contribution is 2.47. The molecular formula is C36H19N. The Morgan fingerprint density at radius 1 is 0.432 bits per heavy atom. The number of nitrogens with zero attached hydrogens (tertiary/aromatic N) is 1. The summed E-state index contributed by atoms with van der Waals surface area (Å²) >= 11 is 0. The van der Waals surface area contributed by atoms with Gasteiger partial charge in [0.1, 0.15) is 6.07 Å². The van der Waals surface area contributed by atoms with Crippen molar-refractivity contribution >= 4 is 86.2 Å². The Morgan fingerprint density at radius 3 is 1.78 bits per heavy atom. The van der Waals surface area contributed by atoms with Crippen molar-refractivity contribution in [1.82, 2.24) is 0 Å². The van der Waals surface area contributed by atoms with Gasteiger partial charge in [0.15, 0.2) is 0 Å². The molecule has 0 amide bonds. The van der Waals surface area contributed by atoms with Crippen LogP contribution in [0.25, 0.3) is 86.2 Å². The van der Waals surface area contributed by atoms with Crippen LogP contribution < -0.4 is 0 Å². The Morgan fingerprint density at radius 2 is 1.03 bits per heavy atom. The Bertz CT molecular complexity index is 2470. The molecule has 1 nitrogen and oxygen atoms in total. The molecule has 0 saturated carbocycles. The van der Waals surface area contributed by atoms with E-state index in [4.69, 9.17) is 0 Å². The number of fused-ring (bicyclic) bond motifs is 9. The fraction of sp³-hybridized carbons (Fsp3) is 0.0278. The zero-order valence-electron chi connectivity index (χ0n) is 20.2. The van der Waals surface area contributed by atoms with Crippen molar-refractivity contribution in [3.05, 3.63) is 108 Å². The minimum absolute atomic E-state index is 0.780. The number of hydrogen-bond acceptors (Lipinski definition) is 1. The van der Waals surface area contributed by atoms with Gasteiger partial charge in [0, 0.05) is 10.8 Å². The lowest BCUT2D eigenvalue weighted by Gasteiger charge is -2.06. The molecule has 168 valence electrons. The lowest BCUT2D eigenvalue weighted by atomic mass is 9.96. The maximum absolute atomic E-state index is 10.6. The number of aryl methyl sites for hydroxylation is 1. The summed E-state index contributed by atoms with van der Waals surface area (Å²) in [4.78, 5) is 0. The Labute approximate surface area is 212 Å².